The third kappa shape index (κ3) is 3.90. The average Bonchev–Trinajstić information content (AvgIpc) is 2.63. The van der Waals surface area contributed by atoms with Crippen molar-refractivity contribution in [3.63, 3.8) is 0 Å². The molecule has 0 bridgehead atoms. The van der Waals surface area contributed by atoms with Crippen LogP contribution in [0.5, 0.6) is 0 Å². The number of amides is 2. The molecule has 0 aromatic heterocycles. The third-order valence-corrected chi connectivity index (χ3v) is 2.53. The number of likely N-dealkylation sites (tertiary alicyclic amines) is 1. The van der Waals surface area contributed by atoms with Crippen molar-refractivity contribution in [2.75, 3.05) is 26.2 Å². The summed E-state index contributed by atoms with van der Waals surface area (Å²) in [4.78, 5) is 36.3. The first-order valence-electron chi connectivity index (χ1n) is 5.43. The Hall–Kier alpha value is -1.85. The van der Waals surface area contributed by atoms with Crippen LogP contribution in [0.4, 0.5) is 0 Å². The molecule has 1 fully saturated rings. The Morgan fingerprint density at radius 1 is 1.53 bits per heavy atom. The molecular weight excluding hydrogens is 224 g/mol. The smallest absolute Gasteiger partial charge is 0.323 e. The van der Waals surface area contributed by atoms with Crippen LogP contribution >= 0.6 is 0 Å². The lowest BCUT2D eigenvalue weighted by Crippen LogP contribution is -2.43. The van der Waals surface area contributed by atoms with Gasteiger partial charge in [0, 0.05) is 19.5 Å². The van der Waals surface area contributed by atoms with Gasteiger partial charge in [0.2, 0.25) is 11.8 Å². The zero-order valence-electron chi connectivity index (χ0n) is 9.59. The monoisotopic (exact) mass is 240 g/mol. The van der Waals surface area contributed by atoms with Crippen molar-refractivity contribution in [1.82, 2.24) is 9.80 Å². The lowest BCUT2D eigenvalue weighted by atomic mass is 10.4. The second kappa shape index (κ2) is 6.03. The minimum atomic E-state index is -1.08. The molecule has 1 aliphatic rings. The van der Waals surface area contributed by atoms with Crippen molar-refractivity contribution in [2.45, 2.75) is 12.8 Å². The van der Waals surface area contributed by atoms with Crippen LogP contribution in [0, 0.1) is 0 Å². The van der Waals surface area contributed by atoms with Crippen molar-refractivity contribution in [2.24, 2.45) is 0 Å². The van der Waals surface area contributed by atoms with Crippen molar-refractivity contribution < 1.29 is 19.5 Å². The Bertz CT molecular complexity index is 340. The van der Waals surface area contributed by atoms with E-state index in [1.54, 1.807) is 0 Å². The van der Waals surface area contributed by atoms with E-state index in [9.17, 15) is 14.4 Å². The van der Waals surface area contributed by atoms with Gasteiger partial charge in [-0.2, -0.15) is 0 Å². The van der Waals surface area contributed by atoms with Gasteiger partial charge in [-0.05, 0) is 6.42 Å². The normalized spacial score (nSPS) is 14.8. The molecule has 94 valence electrons. The molecule has 0 atom stereocenters. The van der Waals surface area contributed by atoms with E-state index >= 15 is 0 Å². The van der Waals surface area contributed by atoms with Gasteiger partial charge >= 0.3 is 5.97 Å². The minimum Gasteiger partial charge on any atom is -0.480 e. The fraction of sp³-hybridized carbons (Fsp3) is 0.545. The van der Waals surface area contributed by atoms with Gasteiger partial charge in [-0.3, -0.25) is 14.4 Å². The molecule has 6 heteroatoms. The van der Waals surface area contributed by atoms with Gasteiger partial charge in [0.25, 0.3) is 0 Å². The number of carbonyl (C=O) groups excluding carboxylic acids is 2. The molecule has 2 amide bonds. The number of rotatable bonds is 6. The van der Waals surface area contributed by atoms with E-state index in [4.69, 9.17) is 5.11 Å². The van der Waals surface area contributed by atoms with Crippen LogP contribution in [0.15, 0.2) is 12.7 Å². The highest BCUT2D eigenvalue weighted by molar-refractivity contribution is 5.87. The van der Waals surface area contributed by atoms with E-state index in [0.29, 0.717) is 13.0 Å². The lowest BCUT2D eigenvalue weighted by Gasteiger charge is -2.22. The molecule has 0 unspecified atom stereocenters. The van der Waals surface area contributed by atoms with Gasteiger partial charge in [0.15, 0.2) is 0 Å². The van der Waals surface area contributed by atoms with Crippen LogP contribution in [-0.2, 0) is 14.4 Å². The second-order valence-electron chi connectivity index (χ2n) is 3.88. The van der Waals surface area contributed by atoms with Gasteiger partial charge in [0.05, 0.1) is 6.54 Å². The molecule has 0 aliphatic carbocycles. The predicted octanol–water partition coefficient (Wildman–Crippen LogP) is -0.292. The highest BCUT2D eigenvalue weighted by Gasteiger charge is 2.25. The number of carboxylic acids is 1. The minimum absolute atomic E-state index is 0.0417. The molecule has 17 heavy (non-hydrogen) atoms. The maximum atomic E-state index is 11.8. The van der Waals surface area contributed by atoms with Crippen LogP contribution in [0.1, 0.15) is 12.8 Å². The fourth-order valence-electron chi connectivity index (χ4n) is 1.71. The summed E-state index contributed by atoms with van der Waals surface area (Å²) in [6, 6.07) is 0. The van der Waals surface area contributed by atoms with Crippen molar-refractivity contribution in [3.8, 4) is 0 Å². The van der Waals surface area contributed by atoms with Crippen LogP contribution in [0.25, 0.3) is 0 Å². The fourth-order valence-corrected chi connectivity index (χ4v) is 1.71. The number of aliphatic carboxylic acids is 1. The largest absolute Gasteiger partial charge is 0.480 e. The van der Waals surface area contributed by atoms with E-state index in [1.807, 2.05) is 0 Å². The maximum Gasteiger partial charge on any atom is 0.323 e. The first-order chi connectivity index (χ1) is 8.04. The highest BCUT2D eigenvalue weighted by Crippen LogP contribution is 2.09. The molecule has 1 saturated heterocycles. The summed E-state index contributed by atoms with van der Waals surface area (Å²) in [5.41, 5.74) is 0. The molecule has 0 aromatic carbocycles. The summed E-state index contributed by atoms with van der Waals surface area (Å²) >= 11 is 0. The molecule has 0 aromatic rings. The van der Waals surface area contributed by atoms with Crippen LogP contribution in [0.2, 0.25) is 0 Å². The zero-order valence-corrected chi connectivity index (χ0v) is 9.59. The van der Waals surface area contributed by atoms with Gasteiger partial charge in [0.1, 0.15) is 6.54 Å². The molecule has 1 rings (SSSR count). The van der Waals surface area contributed by atoms with Crippen molar-refractivity contribution in [3.05, 3.63) is 12.7 Å². The molecule has 1 heterocycles. The van der Waals surface area contributed by atoms with E-state index in [2.05, 4.69) is 6.58 Å². The molecule has 1 aliphatic heterocycles. The molecule has 6 nitrogen and oxygen atoms in total. The topological polar surface area (TPSA) is 77.9 Å². The number of carboxylic acid groups (broad SMARTS) is 1. The number of hydrogen-bond acceptors (Lipinski definition) is 3. The Kier molecular flexibility index (Phi) is 4.68. The van der Waals surface area contributed by atoms with E-state index in [1.165, 1.54) is 15.9 Å². The van der Waals surface area contributed by atoms with Gasteiger partial charge in [-0.25, -0.2) is 0 Å². The van der Waals surface area contributed by atoms with Crippen molar-refractivity contribution >= 4 is 17.8 Å². The molecule has 0 spiro atoms. The number of nitrogens with zero attached hydrogens (tertiary/aromatic N) is 2. The number of hydrogen-bond donors (Lipinski definition) is 1. The second-order valence-corrected chi connectivity index (χ2v) is 3.88. The highest BCUT2D eigenvalue weighted by atomic mass is 16.4. The Balaban J connectivity index is 2.54. The van der Waals surface area contributed by atoms with Crippen LogP contribution < -0.4 is 0 Å². The van der Waals surface area contributed by atoms with Crippen LogP contribution in [-0.4, -0.2) is 58.9 Å². The maximum absolute atomic E-state index is 11.8. The van der Waals surface area contributed by atoms with Gasteiger partial charge in [-0.15, -0.1) is 6.58 Å². The Morgan fingerprint density at radius 3 is 2.71 bits per heavy atom. The quantitative estimate of drug-likeness (QED) is 0.647. The van der Waals surface area contributed by atoms with E-state index in [0.717, 1.165) is 6.42 Å². The standard InChI is InChI=1S/C11H16N2O4/c1-2-5-12(8-11(16)17)10(15)7-13-6-3-4-9(13)14/h2H,1,3-8H2,(H,16,17). The summed E-state index contributed by atoms with van der Waals surface area (Å²) in [7, 11) is 0. The zero-order chi connectivity index (χ0) is 12.8. The molecule has 1 N–H and O–H groups in total. The first-order valence-corrected chi connectivity index (χ1v) is 5.43. The molecule has 0 saturated carbocycles. The van der Waals surface area contributed by atoms with E-state index < -0.39 is 5.97 Å². The third-order valence-electron chi connectivity index (χ3n) is 2.53. The lowest BCUT2D eigenvalue weighted by molar-refractivity contribution is -0.145. The van der Waals surface area contributed by atoms with Gasteiger partial charge < -0.3 is 14.9 Å². The SMILES string of the molecule is C=CCN(CC(=O)O)C(=O)CN1CCCC1=O. The van der Waals surface area contributed by atoms with Gasteiger partial charge in [-0.1, -0.05) is 6.08 Å². The first kappa shape index (κ1) is 13.2. The average molecular weight is 240 g/mol. The van der Waals surface area contributed by atoms with Crippen LogP contribution in [0.3, 0.4) is 0 Å². The molecular formula is C11H16N2O4. The van der Waals surface area contributed by atoms with E-state index in [-0.39, 0.29) is 31.4 Å². The number of carbonyl (C=O) groups is 3. The Morgan fingerprint density at radius 2 is 2.24 bits per heavy atom. The molecule has 0 radical (unpaired) electrons. The summed E-state index contributed by atoms with van der Waals surface area (Å²) < 4.78 is 0. The summed E-state index contributed by atoms with van der Waals surface area (Å²) in [5, 5.41) is 8.66. The van der Waals surface area contributed by atoms with Crippen molar-refractivity contribution in [1.29, 1.82) is 0 Å². The summed E-state index contributed by atoms with van der Waals surface area (Å²) in [5.74, 6) is -1.48. The summed E-state index contributed by atoms with van der Waals surface area (Å²) in [6.45, 7) is 3.80. The summed E-state index contributed by atoms with van der Waals surface area (Å²) in [6.07, 6.45) is 2.69. The Labute approximate surface area is 99.5 Å². The predicted molar refractivity (Wildman–Crippen MR) is 60.2 cm³/mol.